The highest BCUT2D eigenvalue weighted by Gasteiger charge is 2.48. The lowest BCUT2D eigenvalue weighted by Gasteiger charge is -2.21. The van der Waals surface area contributed by atoms with E-state index >= 15 is 0 Å². The predicted octanol–water partition coefficient (Wildman–Crippen LogP) is 2.92. The van der Waals surface area contributed by atoms with Crippen LogP contribution in [0.5, 0.6) is 0 Å². The number of nitrogens with two attached hydrogens (primary N) is 1. The highest BCUT2D eigenvalue weighted by molar-refractivity contribution is 5.94. The van der Waals surface area contributed by atoms with Crippen LogP contribution in [0.25, 0.3) is 10.9 Å². The number of halogens is 3. The van der Waals surface area contributed by atoms with Gasteiger partial charge >= 0.3 is 11.9 Å². The number of nitrogens with zero attached hydrogens (tertiary/aromatic N) is 1. The molecule has 126 valence electrons. The Labute approximate surface area is 137 Å². The second kappa shape index (κ2) is 7.06. The molecule has 0 saturated heterocycles. The van der Waals surface area contributed by atoms with Gasteiger partial charge in [-0.15, -0.1) is 12.4 Å². The summed E-state index contributed by atoms with van der Waals surface area (Å²) in [6.45, 7) is 2.57. The first-order valence-corrected chi connectivity index (χ1v) is 6.72. The van der Waals surface area contributed by atoms with E-state index in [1.165, 1.54) is 24.6 Å². The molecule has 2 N–H and O–H groups in total. The van der Waals surface area contributed by atoms with Crippen molar-refractivity contribution in [1.82, 2.24) is 4.57 Å². The van der Waals surface area contributed by atoms with E-state index in [0.717, 1.165) is 0 Å². The molecule has 23 heavy (non-hydrogen) atoms. The normalized spacial score (nSPS) is 12.6. The summed E-state index contributed by atoms with van der Waals surface area (Å²) in [4.78, 5) is 23.1. The summed E-state index contributed by atoms with van der Waals surface area (Å²) in [5.74, 6) is -5.90. The van der Waals surface area contributed by atoms with Crippen molar-refractivity contribution in [1.29, 1.82) is 0 Å². The highest BCUT2D eigenvalue weighted by Crippen LogP contribution is 2.35. The summed E-state index contributed by atoms with van der Waals surface area (Å²) < 4.78 is 33.9. The number of fused-ring (bicyclic) bond motifs is 1. The Hall–Kier alpha value is -1.99. The summed E-state index contributed by atoms with van der Waals surface area (Å²) in [6.07, 6.45) is 1.24. The lowest BCUT2D eigenvalue weighted by atomic mass is 10.0. The van der Waals surface area contributed by atoms with Crippen LogP contribution in [0.1, 0.15) is 30.2 Å². The van der Waals surface area contributed by atoms with Crippen LogP contribution >= 0.6 is 12.4 Å². The number of esters is 1. The molecule has 1 heterocycles. The third-order valence-electron chi connectivity index (χ3n) is 3.36. The molecule has 0 aliphatic carbocycles. The molecule has 0 aliphatic rings. The molecule has 8 heteroatoms. The molecule has 5 nitrogen and oxygen atoms in total. The van der Waals surface area contributed by atoms with Crippen molar-refractivity contribution in [2.24, 2.45) is 5.73 Å². The Balaban J connectivity index is 0.00000264. The Kier molecular flexibility index (Phi) is 5.85. The van der Waals surface area contributed by atoms with E-state index in [-0.39, 0.29) is 30.5 Å². The molecular weight excluding hydrogens is 330 g/mol. The summed E-state index contributed by atoms with van der Waals surface area (Å²) in [5.41, 5.74) is 6.08. The van der Waals surface area contributed by atoms with E-state index in [1.54, 1.807) is 24.3 Å². The Morgan fingerprint density at radius 1 is 1.35 bits per heavy atom. The molecule has 0 aliphatic heterocycles. The zero-order valence-corrected chi connectivity index (χ0v) is 13.4. The Bertz CT molecular complexity index is 731. The SMILES string of the molecule is CCOC(=O)C(F)(F)[C@H](N)c1cn(C(C)=O)c2ccccc12.Cl. The van der Waals surface area contributed by atoms with Gasteiger partial charge in [0.15, 0.2) is 0 Å². The van der Waals surface area contributed by atoms with Crippen molar-refractivity contribution in [2.75, 3.05) is 6.61 Å². The number of aromatic nitrogens is 1. The largest absolute Gasteiger partial charge is 0.462 e. The third kappa shape index (κ3) is 3.35. The quantitative estimate of drug-likeness (QED) is 0.864. The standard InChI is InChI=1S/C15H16F2N2O3.ClH/c1-3-22-14(21)15(16,17)13(18)11-8-19(9(2)20)12-7-5-4-6-10(11)12;/h4-8,13H,3,18H2,1-2H3;1H/t13-;/m1./s1. The number of alkyl halides is 2. The minimum absolute atomic E-state index is 0. The minimum Gasteiger partial charge on any atom is -0.462 e. The van der Waals surface area contributed by atoms with Gasteiger partial charge in [-0.1, -0.05) is 18.2 Å². The number of carbonyl (C=O) groups excluding carboxylic acids is 2. The zero-order valence-electron chi connectivity index (χ0n) is 12.6. The van der Waals surface area contributed by atoms with Crippen LogP contribution in [0, 0.1) is 0 Å². The molecule has 1 aromatic heterocycles. The van der Waals surface area contributed by atoms with Crippen LogP contribution in [0.3, 0.4) is 0 Å². The first-order valence-electron chi connectivity index (χ1n) is 6.72. The zero-order chi connectivity index (χ0) is 16.5. The first-order chi connectivity index (χ1) is 10.3. The van der Waals surface area contributed by atoms with E-state index in [2.05, 4.69) is 4.74 Å². The van der Waals surface area contributed by atoms with E-state index in [1.807, 2.05) is 0 Å². The van der Waals surface area contributed by atoms with Gasteiger partial charge in [0.05, 0.1) is 12.1 Å². The number of ether oxygens (including phenoxy) is 1. The van der Waals surface area contributed by atoms with E-state index in [4.69, 9.17) is 5.73 Å². The molecular formula is C15H17ClF2N2O3. The molecule has 1 atom stereocenters. The van der Waals surface area contributed by atoms with Crippen molar-refractivity contribution in [3.63, 3.8) is 0 Å². The Morgan fingerprint density at radius 2 is 1.96 bits per heavy atom. The van der Waals surface area contributed by atoms with Crippen molar-refractivity contribution in [3.05, 3.63) is 36.0 Å². The molecule has 2 rings (SSSR count). The molecule has 1 aromatic carbocycles. The summed E-state index contributed by atoms with van der Waals surface area (Å²) in [6, 6.07) is 4.62. The van der Waals surface area contributed by atoms with Gasteiger partial charge in [0, 0.05) is 24.1 Å². The fraction of sp³-hybridized carbons (Fsp3) is 0.333. The lowest BCUT2D eigenvalue weighted by molar-refractivity contribution is -0.174. The topological polar surface area (TPSA) is 74.3 Å². The molecule has 0 saturated carbocycles. The van der Waals surface area contributed by atoms with Crippen molar-refractivity contribution in [2.45, 2.75) is 25.8 Å². The van der Waals surface area contributed by atoms with Crippen LogP contribution in [0.2, 0.25) is 0 Å². The molecule has 0 radical (unpaired) electrons. The molecule has 0 unspecified atom stereocenters. The number of benzene rings is 1. The monoisotopic (exact) mass is 346 g/mol. The van der Waals surface area contributed by atoms with Gasteiger partial charge in [-0.2, -0.15) is 8.78 Å². The van der Waals surface area contributed by atoms with Crippen molar-refractivity contribution < 1.29 is 23.1 Å². The molecule has 2 aromatic rings. The van der Waals surface area contributed by atoms with Crippen LogP contribution in [0.15, 0.2) is 30.5 Å². The minimum atomic E-state index is -3.89. The molecule has 0 spiro atoms. The maximum Gasteiger partial charge on any atom is 0.379 e. The fourth-order valence-corrected chi connectivity index (χ4v) is 2.26. The number of hydrogen-bond acceptors (Lipinski definition) is 4. The molecule has 0 amide bonds. The maximum atomic E-state index is 14.1. The van der Waals surface area contributed by atoms with Gasteiger partial charge in [-0.3, -0.25) is 9.36 Å². The first kappa shape index (κ1) is 19.1. The highest BCUT2D eigenvalue weighted by atomic mass is 35.5. The second-order valence-electron chi connectivity index (χ2n) is 4.81. The lowest BCUT2D eigenvalue weighted by Crippen LogP contribution is -2.41. The van der Waals surface area contributed by atoms with Crippen LogP contribution in [0.4, 0.5) is 8.78 Å². The number of para-hydroxylation sites is 1. The van der Waals surface area contributed by atoms with Gasteiger partial charge in [0.25, 0.3) is 0 Å². The number of carbonyl (C=O) groups is 2. The predicted molar refractivity (Wildman–Crippen MR) is 84.0 cm³/mol. The van der Waals surface area contributed by atoms with Crippen molar-refractivity contribution >= 4 is 35.2 Å². The van der Waals surface area contributed by atoms with Gasteiger partial charge in [0.1, 0.15) is 6.04 Å². The van der Waals surface area contributed by atoms with Gasteiger partial charge in [-0.25, -0.2) is 4.79 Å². The van der Waals surface area contributed by atoms with Crippen LogP contribution < -0.4 is 5.73 Å². The number of hydrogen-bond donors (Lipinski definition) is 1. The third-order valence-corrected chi connectivity index (χ3v) is 3.36. The number of rotatable bonds is 4. The summed E-state index contributed by atoms with van der Waals surface area (Å²) in [5, 5.41) is 0.397. The second-order valence-corrected chi connectivity index (χ2v) is 4.81. The van der Waals surface area contributed by atoms with E-state index in [0.29, 0.717) is 10.9 Å². The Morgan fingerprint density at radius 3 is 2.52 bits per heavy atom. The van der Waals surface area contributed by atoms with Gasteiger partial charge in [-0.05, 0) is 13.0 Å². The average Bonchev–Trinajstić information content (AvgIpc) is 2.86. The molecule has 0 bridgehead atoms. The molecule has 0 fully saturated rings. The van der Waals surface area contributed by atoms with E-state index in [9.17, 15) is 18.4 Å². The summed E-state index contributed by atoms with van der Waals surface area (Å²) >= 11 is 0. The van der Waals surface area contributed by atoms with Crippen molar-refractivity contribution in [3.8, 4) is 0 Å². The fourth-order valence-electron chi connectivity index (χ4n) is 2.26. The van der Waals surface area contributed by atoms with E-state index < -0.39 is 17.9 Å². The van der Waals surface area contributed by atoms with Gasteiger partial charge in [0.2, 0.25) is 5.91 Å². The maximum absolute atomic E-state index is 14.1. The average molecular weight is 347 g/mol. The van der Waals surface area contributed by atoms with Crippen LogP contribution in [-0.4, -0.2) is 29.0 Å². The smallest absolute Gasteiger partial charge is 0.379 e. The van der Waals surface area contributed by atoms with Crippen LogP contribution in [-0.2, 0) is 9.53 Å². The van der Waals surface area contributed by atoms with Gasteiger partial charge < -0.3 is 10.5 Å². The summed E-state index contributed by atoms with van der Waals surface area (Å²) in [7, 11) is 0.